The Morgan fingerprint density at radius 1 is 0.972 bits per heavy atom. The van der Waals surface area contributed by atoms with E-state index < -0.39 is 47.9 Å². The summed E-state index contributed by atoms with van der Waals surface area (Å²) < 4.78 is 0. The molecule has 0 spiro atoms. The number of carbonyl (C=O) groups is 4. The van der Waals surface area contributed by atoms with E-state index in [0.29, 0.717) is 31.4 Å². The number of hydrogen-bond acceptors (Lipinski definition) is 8. The van der Waals surface area contributed by atoms with Crippen molar-refractivity contribution in [2.45, 2.75) is 70.1 Å². The number of hydrogen-bond donors (Lipinski definition) is 8. The minimum atomic E-state index is -1.19. The maximum absolute atomic E-state index is 13.2. The van der Waals surface area contributed by atoms with Gasteiger partial charge >= 0.3 is 5.97 Å². The average molecular weight is 526 g/mol. The van der Waals surface area contributed by atoms with Crippen LogP contribution >= 0.6 is 12.6 Å². The van der Waals surface area contributed by atoms with Gasteiger partial charge in [-0.3, -0.25) is 14.4 Å². The van der Waals surface area contributed by atoms with E-state index in [1.165, 1.54) is 12.1 Å². The number of rotatable bonds is 16. The van der Waals surface area contributed by atoms with Crippen molar-refractivity contribution in [1.82, 2.24) is 16.0 Å². The van der Waals surface area contributed by atoms with Crippen LogP contribution in [0.25, 0.3) is 0 Å². The number of benzene rings is 1. The van der Waals surface area contributed by atoms with Gasteiger partial charge in [0.15, 0.2) is 0 Å². The number of amides is 3. The second-order valence-corrected chi connectivity index (χ2v) is 9.14. The van der Waals surface area contributed by atoms with Crippen LogP contribution in [0.15, 0.2) is 24.3 Å². The largest absolute Gasteiger partial charge is 0.508 e. The predicted octanol–water partition coefficient (Wildman–Crippen LogP) is -0.0941. The molecular formula is C24H39N5O6S. The number of carbonyl (C=O) groups excluding carboxylic acids is 3. The van der Waals surface area contributed by atoms with Crippen molar-refractivity contribution in [2.24, 2.45) is 17.4 Å². The van der Waals surface area contributed by atoms with E-state index in [4.69, 9.17) is 11.5 Å². The number of phenols is 1. The molecule has 0 bridgehead atoms. The number of phenolic OH excluding ortho intramolecular Hbond substituents is 1. The minimum absolute atomic E-state index is 0.0321. The Balaban J connectivity index is 3.15. The van der Waals surface area contributed by atoms with Gasteiger partial charge in [-0.1, -0.05) is 32.4 Å². The van der Waals surface area contributed by atoms with Crippen LogP contribution in [-0.4, -0.2) is 70.4 Å². The number of aromatic hydroxyl groups is 1. The maximum Gasteiger partial charge on any atom is 0.326 e. The van der Waals surface area contributed by atoms with Crippen LogP contribution in [0.1, 0.15) is 45.1 Å². The first-order valence-electron chi connectivity index (χ1n) is 12.0. The first kappa shape index (κ1) is 31.2. The predicted molar refractivity (Wildman–Crippen MR) is 139 cm³/mol. The molecule has 1 aromatic rings. The monoisotopic (exact) mass is 525 g/mol. The highest BCUT2D eigenvalue weighted by Gasteiger charge is 2.32. The minimum Gasteiger partial charge on any atom is -0.508 e. The zero-order valence-corrected chi connectivity index (χ0v) is 21.7. The summed E-state index contributed by atoms with van der Waals surface area (Å²) in [5.41, 5.74) is 11.8. The lowest BCUT2D eigenvalue weighted by Gasteiger charge is -2.28. The van der Waals surface area contributed by atoms with Gasteiger partial charge in [0.25, 0.3) is 0 Å². The zero-order valence-electron chi connectivity index (χ0n) is 20.8. The third-order valence-corrected chi connectivity index (χ3v) is 6.29. The van der Waals surface area contributed by atoms with E-state index in [-0.39, 0.29) is 30.3 Å². The summed E-state index contributed by atoms with van der Waals surface area (Å²) in [6, 6.07) is 1.91. The van der Waals surface area contributed by atoms with Gasteiger partial charge in [0.2, 0.25) is 17.7 Å². The smallest absolute Gasteiger partial charge is 0.326 e. The molecule has 0 aromatic heterocycles. The summed E-state index contributed by atoms with van der Waals surface area (Å²) in [4.78, 5) is 50.4. The highest BCUT2D eigenvalue weighted by atomic mass is 32.1. The van der Waals surface area contributed by atoms with E-state index in [1.54, 1.807) is 19.1 Å². The molecule has 36 heavy (non-hydrogen) atoms. The van der Waals surface area contributed by atoms with Crippen molar-refractivity contribution >= 4 is 36.3 Å². The van der Waals surface area contributed by atoms with Crippen LogP contribution in [0.2, 0.25) is 0 Å². The number of aliphatic carboxylic acids is 1. The highest BCUT2D eigenvalue weighted by molar-refractivity contribution is 7.80. The Labute approximate surface area is 217 Å². The van der Waals surface area contributed by atoms with Crippen molar-refractivity contribution in [3.05, 3.63) is 29.8 Å². The van der Waals surface area contributed by atoms with Crippen molar-refractivity contribution < 1.29 is 29.4 Å². The Bertz CT molecular complexity index is 869. The van der Waals surface area contributed by atoms with Gasteiger partial charge in [0.05, 0.1) is 6.04 Å². The fourth-order valence-electron chi connectivity index (χ4n) is 3.41. The SMILES string of the molecule is CCC(C)C(NC(=O)C(N)CS)C(=O)NC(Cc1ccc(O)cc1)C(=O)NC(CCCCN)C(=O)O. The third-order valence-electron chi connectivity index (χ3n) is 5.90. The molecule has 11 nitrogen and oxygen atoms in total. The van der Waals surface area contributed by atoms with Crippen LogP contribution < -0.4 is 27.4 Å². The normalized spacial score (nSPS) is 15.1. The molecule has 5 atom stereocenters. The van der Waals surface area contributed by atoms with E-state index >= 15 is 0 Å². The van der Waals surface area contributed by atoms with Gasteiger partial charge in [-0.15, -0.1) is 0 Å². The summed E-state index contributed by atoms with van der Waals surface area (Å²) in [5, 5.41) is 26.9. The molecule has 0 saturated heterocycles. The van der Waals surface area contributed by atoms with Crippen LogP contribution in [0, 0.1) is 5.92 Å². The van der Waals surface area contributed by atoms with Crippen molar-refractivity contribution in [2.75, 3.05) is 12.3 Å². The van der Waals surface area contributed by atoms with Crippen molar-refractivity contribution in [1.29, 1.82) is 0 Å². The Hall–Kier alpha value is -2.83. The molecule has 202 valence electrons. The molecule has 0 fully saturated rings. The molecule has 5 unspecified atom stereocenters. The molecular weight excluding hydrogens is 486 g/mol. The van der Waals surface area contributed by atoms with Crippen LogP contribution in [0.3, 0.4) is 0 Å². The van der Waals surface area contributed by atoms with Crippen LogP contribution in [0.5, 0.6) is 5.75 Å². The van der Waals surface area contributed by atoms with E-state index in [0.717, 1.165) is 0 Å². The molecule has 0 saturated carbocycles. The van der Waals surface area contributed by atoms with Gasteiger partial charge in [-0.25, -0.2) is 4.79 Å². The first-order chi connectivity index (χ1) is 17.0. The van der Waals surface area contributed by atoms with Crippen molar-refractivity contribution in [3.63, 3.8) is 0 Å². The Morgan fingerprint density at radius 3 is 2.11 bits per heavy atom. The van der Waals surface area contributed by atoms with Gasteiger partial charge in [0, 0.05) is 12.2 Å². The third kappa shape index (κ3) is 10.4. The van der Waals surface area contributed by atoms with E-state index in [9.17, 15) is 29.4 Å². The molecule has 9 N–H and O–H groups in total. The first-order valence-corrected chi connectivity index (χ1v) is 12.7. The molecule has 0 aliphatic heterocycles. The number of carboxylic acid groups (broad SMARTS) is 1. The lowest BCUT2D eigenvalue weighted by atomic mass is 9.96. The zero-order chi connectivity index (χ0) is 27.3. The standard InChI is InChI=1S/C24H39N5O6S/c1-3-14(2)20(29-21(31)17(26)13-36)23(33)28-19(12-15-7-9-16(30)10-8-15)22(32)27-18(24(34)35)6-4-5-11-25/h7-10,14,17-20,30,36H,3-6,11-13,25-26H2,1-2H3,(H,27,32)(H,28,33)(H,29,31)(H,34,35). The van der Waals surface area contributed by atoms with E-state index in [1.807, 2.05) is 6.92 Å². The molecule has 12 heteroatoms. The topological polar surface area (TPSA) is 197 Å². The number of nitrogens with one attached hydrogen (secondary N) is 3. The lowest BCUT2D eigenvalue weighted by Crippen LogP contribution is -2.59. The summed E-state index contributed by atoms with van der Waals surface area (Å²) in [6.45, 7) is 4.04. The number of thiol groups is 1. The van der Waals surface area contributed by atoms with Gasteiger partial charge in [-0.05, 0) is 49.4 Å². The van der Waals surface area contributed by atoms with Gasteiger partial charge in [0.1, 0.15) is 23.9 Å². The van der Waals surface area contributed by atoms with Crippen molar-refractivity contribution in [3.8, 4) is 5.75 Å². The fourth-order valence-corrected chi connectivity index (χ4v) is 3.57. The van der Waals surface area contributed by atoms with Gasteiger partial charge in [-0.2, -0.15) is 12.6 Å². The molecule has 0 heterocycles. The van der Waals surface area contributed by atoms with Crippen LogP contribution in [-0.2, 0) is 25.6 Å². The molecule has 0 aliphatic carbocycles. The lowest BCUT2D eigenvalue weighted by molar-refractivity contribution is -0.142. The summed E-state index contributed by atoms with van der Waals surface area (Å²) in [5.74, 6) is -3.17. The maximum atomic E-state index is 13.2. The summed E-state index contributed by atoms with van der Waals surface area (Å²) >= 11 is 4.02. The molecule has 1 rings (SSSR count). The Morgan fingerprint density at radius 2 is 1.58 bits per heavy atom. The quantitative estimate of drug-likeness (QED) is 0.108. The van der Waals surface area contributed by atoms with Crippen LogP contribution in [0.4, 0.5) is 0 Å². The molecule has 0 aliphatic rings. The summed E-state index contributed by atoms with van der Waals surface area (Å²) in [7, 11) is 0. The van der Waals surface area contributed by atoms with Gasteiger partial charge < -0.3 is 37.6 Å². The molecule has 0 radical (unpaired) electrons. The second kappa shape index (κ2) is 16.0. The second-order valence-electron chi connectivity index (χ2n) is 8.78. The number of unbranched alkanes of at least 4 members (excludes halogenated alkanes) is 1. The molecule has 1 aromatic carbocycles. The molecule has 3 amide bonds. The average Bonchev–Trinajstić information content (AvgIpc) is 2.86. The summed E-state index contributed by atoms with van der Waals surface area (Å²) in [6.07, 6.45) is 1.90. The fraction of sp³-hybridized carbons (Fsp3) is 0.583. The Kier molecular flexibility index (Phi) is 13.9. The number of carboxylic acids is 1. The number of nitrogens with two attached hydrogens (primary N) is 2. The highest BCUT2D eigenvalue weighted by Crippen LogP contribution is 2.14. The van der Waals surface area contributed by atoms with E-state index in [2.05, 4.69) is 28.6 Å².